The summed E-state index contributed by atoms with van der Waals surface area (Å²) in [5.41, 5.74) is 0. The van der Waals surface area contributed by atoms with Crippen molar-refractivity contribution in [3.05, 3.63) is 0 Å². The lowest BCUT2D eigenvalue weighted by Crippen LogP contribution is -1.85. The van der Waals surface area contributed by atoms with Crippen LogP contribution in [0.3, 0.4) is 0 Å². The van der Waals surface area contributed by atoms with E-state index in [1.165, 1.54) is 127 Å². The third-order valence-corrected chi connectivity index (χ3v) is 8.06. The lowest BCUT2D eigenvalue weighted by atomic mass is 10.1. The highest BCUT2D eigenvalue weighted by Gasteiger charge is 1.96. The van der Waals surface area contributed by atoms with Gasteiger partial charge in [0.15, 0.2) is 0 Å². The van der Waals surface area contributed by atoms with Crippen LogP contribution in [-0.2, 0) is 0 Å². The lowest BCUT2D eigenvalue weighted by molar-refractivity contribution is 0.574. The summed E-state index contributed by atoms with van der Waals surface area (Å²) in [7, 11) is 4.23. The summed E-state index contributed by atoms with van der Waals surface area (Å²) in [4.78, 5) is 0. The maximum atomic E-state index is 4.26. The molecule has 0 radical (unpaired) electrons. The highest BCUT2D eigenvalue weighted by molar-refractivity contribution is 8.76. The summed E-state index contributed by atoms with van der Waals surface area (Å²) in [5.74, 6) is 4.84. The zero-order valence-corrected chi connectivity index (χ0v) is 20.7. The van der Waals surface area contributed by atoms with Crippen molar-refractivity contribution in [1.29, 1.82) is 0 Å². The van der Waals surface area contributed by atoms with Gasteiger partial charge in [0.2, 0.25) is 0 Å². The van der Waals surface area contributed by atoms with Crippen molar-refractivity contribution >= 4 is 46.8 Å². The second kappa shape index (κ2) is 26.4. The number of hydrogen-bond donors (Lipinski definition) is 2. The fraction of sp³-hybridized carbons (Fsp3) is 1.00. The van der Waals surface area contributed by atoms with Crippen LogP contribution in [0.5, 0.6) is 0 Å². The van der Waals surface area contributed by atoms with Gasteiger partial charge in [-0.05, 0) is 37.2 Å². The summed E-state index contributed by atoms with van der Waals surface area (Å²) in [5, 5.41) is 0. The molecule has 0 aliphatic heterocycles. The van der Waals surface area contributed by atoms with E-state index >= 15 is 0 Å². The van der Waals surface area contributed by atoms with Gasteiger partial charge < -0.3 is 0 Å². The Morgan fingerprint density at radius 1 is 0.308 bits per heavy atom. The monoisotopic (exact) mass is 438 g/mol. The van der Waals surface area contributed by atoms with Crippen molar-refractivity contribution in [2.75, 3.05) is 23.0 Å². The Hall–Kier alpha value is 1.40. The van der Waals surface area contributed by atoms with Crippen molar-refractivity contribution in [2.24, 2.45) is 0 Å². The molecule has 0 spiro atoms. The molecular weight excluding hydrogens is 393 g/mol. The second-order valence-corrected chi connectivity index (χ2v) is 11.1. The standard InChI is InChI=1S/C22H46S4/c23-19-15-11-7-3-1-5-9-13-17-21-25-26-22-18-14-10-6-2-4-8-12-16-20-24/h23-24H,1-22H2. The molecule has 0 rings (SSSR count). The first-order valence-electron chi connectivity index (χ1n) is 11.4. The van der Waals surface area contributed by atoms with Gasteiger partial charge in [0, 0.05) is 11.5 Å². The van der Waals surface area contributed by atoms with Gasteiger partial charge in [-0.15, -0.1) is 0 Å². The first kappa shape index (κ1) is 27.4. The zero-order chi connectivity index (χ0) is 19.0. The normalized spacial score (nSPS) is 11.3. The minimum absolute atomic E-state index is 1.06. The molecule has 4 heteroatoms. The summed E-state index contributed by atoms with van der Waals surface area (Å²) < 4.78 is 0. The van der Waals surface area contributed by atoms with E-state index in [2.05, 4.69) is 46.8 Å². The van der Waals surface area contributed by atoms with Gasteiger partial charge in [0.1, 0.15) is 0 Å². The highest BCUT2D eigenvalue weighted by atomic mass is 33.1. The topological polar surface area (TPSA) is 0 Å². The SMILES string of the molecule is SCCCCCCCCCCCSSCCCCCCCCCCCS. The van der Waals surface area contributed by atoms with Gasteiger partial charge >= 0.3 is 0 Å². The number of unbranched alkanes of at least 4 members (excludes halogenated alkanes) is 16. The van der Waals surface area contributed by atoms with Gasteiger partial charge in [-0.1, -0.05) is 111 Å². The van der Waals surface area contributed by atoms with Crippen LogP contribution in [0.1, 0.15) is 116 Å². The average Bonchev–Trinajstić information content (AvgIpc) is 2.66. The molecule has 0 atom stereocenters. The van der Waals surface area contributed by atoms with E-state index in [-0.39, 0.29) is 0 Å². The van der Waals surface area contributed by atoms with Crippen LogP contribution in [0.15, 0.2) is 0 Å². The summed E-state index contributed by atoms with van der Waals surface area (Å²) in [6, 6.07) is 0. The molecule has 26 heavy (non-hydrogen) atoms. The molecule has 0 saturated heterocycles. The molecule has 0 heterocycles. The molecule has 0 fully saturated rings. The first-order valence-corrected chi connectivity index (χ1v) is 15.1. The molecule has 158 valence electrons. The Kier molecular flexibility index (Phi) is 27.8. The van der Waals surface area contributed by atoms with Crippen molar-refractivity contribution in [1.82, 2.24) is 0 Å². The third-order valence-electron chi connectivity index (χ3n) is 4.85. The highest BCUT2D eigenvalue weighted by Crippen LogP contribution is 2.25. The molecule has 0 aliphatic rings. The van der Waals surface area contributed by atoms with Crippen LogP contribution in [0.25, 0.3) is 0 Å². The van der Waals surface area contributed by atoms with Crippen LogP contribution < -0.4 is 0 Å². The van der Waals surface area contributed by atoms with E-state index in [0.29, 0.717) is 0 Å². The number of thiol groups is 2. The van der Waals surface area contributed by atoms with E-state index in [9.17, 15) is 0 Å². The first-order chi connectivity index (χ1) is 12.9. The average molecular weight is 439 g/mol. The van der Waals surface area contributed by atoms with Gasteiger partial charge in [-0.3, -0.25) is 0 Å². The summed E-state index contributed by atoms with van der Waals surface area (Å²) in [6.45, 7) is 0. The largest absolute Gasteiger partial charge is 0.179 e. The maximum absolute atomic E-state index is 4.26. The van der Waals surface area contributed by atoms with Gasteiger partial charge in [-0.2, -0.15) is 25.3 Å². The Labute approximate surface area is 184 Å². The van der Waals surface area contributed by atoms with Crippen LogP contribution in [-0.4, -0.2) is 23.0 Å². The Morgan fingerprint density at radius 2 is 0.538 bits per heavy atom. The van der Waals surface area contributed by atoms with Gasteiger partial charge in [0.25, 0.3) is 0 Å². The quantitative estimate of drug-likeness (QED) is 0.0926. The minimum atomic E-state index is 1.06. The van der Waals surface area contributed by atoms with Gasteiger partial charge in [0.05, 0.1) is 0 Å². The maximum Gasteiger partial charge on any atom is 0.00369 e. The van der Waals surface area contributed by atoms with Crippen LogP contribution in [0.2, 0.25) is 0 Å². The smallest absolute Gasteiger partial charge is 0.00369 e. The van der Waals surface area contributed by atoms with Crippen molar-refractivity contribution in [2.45, 2.75) is 116 Å². The number of rotatable bonds is 23. The van der Waals surface area contributed by atoms with Crippen LogP contribution >= 0.6 is 46.8 Å². The zero-order valence-electron chi connectivity index (χ0n) is 17.3. The van der Waals surface area contributed by atoms with Crippen LogP contribution in [0.4, 0.5) is 0 Å². The van der Waals surface area contributed by atoms with E-state index in [1.54, 1.807) is 0 Å². The molecule has 0 saturated carbocycles. The fourth-order valence-corrected chi connectivity index (χ4v) is 5.88. The van der Waals surface area contributed by atoms with Crippen molar-refractivity contribution < 1.29 is 0 Å². The predicted molar refractivity (Wildman–Crippen MR) is 136 cm³/mol. The molecule has 0 bridgehead atoms. The predicted octanol–water partition coefficient (Wildman–Crippen LogP) is 9.25. The molecule has 0 unspecified atom stereocenters. The number of hydrogen-bond acceptors (Lipinski definition) is 4. The van der Waals surface area contributed by atoms with Crippen molar-refractivity contribution in [3.63, 3.8) is 0 Å². The molecule has 0 aromatic carbocycles. The lowest BCUT2D eigenvalue weighted by Gasteiger charge is -2.04. The second-order valence-electron chi connectivity index (χ2n) is 7.46. The molecular formula is C22H46S4. The summed E-state index contributed by atoms with van der Waals surface area (Å²) >= 11 is 8.52. The third kappa shape index (κ3) is 25.4. The Morgan fingerprint density at radius 3 is 0.808 bits per heavy atom. The van der Waals surface area contributed by atoms with E-state index in [4.69, 9.17) is 0 Å². The fourth-order valence-electron chi connectivity index (χ4n) is 3.14. The Balaban J connectivity index is 2.95. The molecule has 0 aromatic heterocycles. The van der Waals surface area contributed by atoms with Crippen molar-refractivity contribution in [3.8, 4) is 0 Å². The van der Waals surface area contributed by atoms with E-state index in [1.807, 2.05) is 0 Å². The molecule has 0 N–H and O–H groups in total. The molecule has 0 aromatic rings. The Bertz CT molecular complexity index is 212. The molecule has 0 aliphatic carbocycles. The van der Waals surface area contributed by atoms with Gasteiger partial charge in [-0.25, -0.2) is 0 Å². The summed E-state index contributed by atoms with van der Waals surface area (Å²) in [6.07, 6.45) is 25.5. The van der Waals surface area contributed by atoms with Crippen LogP contribution in [0, 0.1) is 0 Å². The van der Waals surface area contributed by atoms with E-state index < -0.39 is 0 Å². The minimum Gasteiger partial charge on any atom is -0.179 e. The molecule has 0 amide bonds. The molecule has 0 nitrogen and oxygen atoms in total. The van der Waals surface area contributed by atoms with E-state index in [0.717, 1.165) is 11.5 Å².